The lowest BCUT2D eigenvalue weighted by Crippen LogP contribution is -2.13. The van der Waals surface area contributed by atoms with Crippen LogP contribution in [0, 0.1) is 0 Å². The maximum Gasteiger partial charge on any atom is 0.103 e. The number of hydrogen-bond donors (Lipinski definition) is 1. The molecular formula is C3H11BNP. The number of nitrogens with one attached hydrogen (secondary N) is 1. The van der Waals surface area contributed by atoms with E-state index in [1.807, 2.05) is 0 Å². The first-order valence-corrected chi connectivity index (χ1v) is 2.85. The molecule has 36 valence electrons. The molecule has 6 heavy (non-hydrogen) atoms. The van der Waals surface area contributed by atoms with Crippen LogP contribution >= 0.6 is 9.39 Å². The van der Waals surface area contributed by atoms with Crippen LogP contribution in [-0.2, 0) is 0 Å². The van der Waals surface area contributed by atoms with Crippen LogP contribution < -0.4 is 5.09 Å². The minimum absolute atomic E-state index is 0.648. The van der Waals surface area contributed by atoms with Crippen LogP contribution in [0.1, 0.15) is 6.92 Å². The molecule has 1 N–H and O–H groups in total. The maximum absolute atomic E-state index is 3.03. The molecule has 1 unspecified atom stereocenters. The van der Waals surface area contributed by atoms with E-state index in [0.29, 0.717) is 6.04 Å². The van der Waals surface area contributed by atoms with Crippen molar-refractivity contribution in [2.75, 3.05) is 0 Å². The summed E-state index contributed by atoms with van der Waals surface area (Å²) in [6.45, 7) is 2.15. The third-order valence-corrected chi connectivity index (χ3v) is 1.47. The van der Waals surface area contributed by atoms with Crippen molar-refractivity contribution >= 4 is 17.2 Å². The minimum atomic E-state index is 0.648. The second-order valence-corrected chi connectivity index (χ2v) is 1.81. The molecule has 0 saturated heterocycles. The van der Waals surface area contributed by atoms with Gasteiger partial charge in [0.2, 0.25) is 0 Å². The quantitative estimate of drug-likeness (QED) is 0.377. The van der Waals surface area contributed by atoms with E-state index in [-0.39, 0.29) is 0 Å². The molecule has 0 heterocycles. The van der Waals surface area contributed by atoms with E-state index in [4.69, 9.17) is 0 Å². The third kappa shape index (κ3) is 2.68. The normalized spacial score (nSPS) is 14.3. The van der Waals surface area contributed by atoms with Gasteiger partial charge in [-0.25, -0.2) is 0 Å². The number of hydrogen-bond acceptors (Lipinski definition) is 1. The van der Waals surface area contributed by atoms with Gasteiger partial charge in [0.15, 0.2) is 0 Å². The second kappa shape index (κ2) is 3.64. The van der Waals surface area contributed by atoms with Crippen LogP contribution in [0.15, 0.2) is 0 Å². The highest BCUT2D eigenvalue weighted by Gasteiger charge is 1.87. The smallest absolute Gasteiger partial charge is 0.103 e. The molecule has 0 rings (SSSR count). The SMILES string of the molecule is BC[C@@H](C)NP. The predicted octanol–water partition coefficient (Wildman–Crippen LogP) is -0.194. The Labute approximate surface area is 42.6 Å². The summed E-state index contributed by atoms with van der Waals surface area (Å²) in [5, 5.41) is 3.03. The van der Waals surface area contributed by atoms with E-state index in [1.54, 1.807) is 0 Å². The van der Waals surface area contributed by atoms with Gasteiger partial charge in [0.25, 0.3) is 0 Å². The lowest BCUT2D eigenvalue weighted by Gasteiger charge is -2.02. The zero-order valence-corrected chi connectivity index (χ0v) is 5.52. The maximum atomic E-state index is 3.03. The molecule has 0 bridgehead atoms. The molecule has 0 aromatic heterocycles. The summed E-state index contributed by atoms with van der Waals surface area (Å²) in [7, 11) is 4.64. The third-order valence-electron chi connectivity index (χ3n) is 0.897. The molecule has 0 fully saturated rings. The lowest BCUT2D eigenvalue weighted by atomic mass is 10.00. The molecule has 0 radical (unpaired) electrons. The summed E-state index contributed by atoms with van der Waals surface area (Å²) in [6.07, 6.45) is 1.20. The fourth-order valence-electron chi connectivity index (χ4n) is 0.118. The standard InChI is InChI=1S/C3H11BNP/c1-3(2-4)5-6/h3,5H,2,4,6H2,1H3/t3-/m1/s1. The Kier molecular flexibility index (Phi) is 3.91. The fourth-order valence-corrected chi connectivity index (χ4v) is 0.354. The summed E-state index contributed by atoms with van der Waals surface area (Å²) < 4.78 is 0. The van der Waals surface area contributed by atoms with Crippen molar-refractivity contribution < 1.29 is 0 Å². The van der Waals surface area contributed by atoms with Gasteiger partial charge in [-0.05, 0) is 0 Å². The van der Waals surface area contributed by atoms with Crippen molar-refractivity contribution in [2.45, 2.75) is 19.3 Å². The highest BCUT2D eigenvalue weighted by atomic mass is 31.0. The monoisotopic (exact) mass is 103 g/mol. The van der Waals surface area contributed by atoms with Crippen LogP contribution in [0.3, 0.4) is 0 Å². The van der Waals surface area contributed by atoms with Crippen LogP contribution in [-0.4, -0.2) is 13.9 Å². The molecule has 0 aliphatic rings. The molecule has 1 nitrogen and oxygen atoms in total. The average Bonchev–Trinajstić information content (AvgIpc) is 1.65. The molecule has 2 atom stereocenters. The van der Waals surface area contributed by atoms with E-state index in [9.17, 15) is 0 Å². The summed E-state index contributed by atoms with van der Waals surface area (Å²) in [6, 6.07) is 0.648. The van der Waals surface area contributed by atoms with Gasteiger partial charge in [-0.3, -0.25) is 5.09 Å². The van der Waals surface area contributed by atoms with Gasteiger partial charge in [-0.2, -0.15) is 0 Å². The fraction of sp³-hybridized carbons (Fsp3) is 1.00. The molecule has 3 heteroatoms. The molecule has 0 saturated carbocycles. The zero-order valence-electron chi connectivity index (χ0n) is 4.36. The van der Waals surface area contributed by atoms with E-state index in [2.05, 4.69) is 29.2 Å². The van der Waals surface area contributed by atoms with E-state index in [0.717, 1.165) is 0 Å². The zero-order chi connectivity index (χ0) is 4.99. The van der Waals surface area contributed by atoms with E-state index < -0.39 is 0 Å². The van der Waals surface area contributed by atoms with Gasteiger partial charge in [-0.15, -0.1) is 0 Å². The summed E-state index contributed by atoms with van der Waals surface area (Å²) in [4.78, 5) is 0. The first-order chi connectivity index (χ1) is 2.81. The predicted molar refractivity (Wildman–Crippen MR) is 35.7 cm³/mol. The summed E-state index contributed by atoms with van der Waals surface area (Å²) in [5.74, 6) is 0. The van der Waals surface area contributed by atoms with E-state index in [1.165, 1.54) is 6.32 Å². The van der Waals surface area contributed by atoms with Crippen molar-refractivity contribution in [1.82, 2.24) is 5.09 Å². The van der Waals surface area contributed by atoms with Gasteiger partial charge < -0.3 is 0 Å². The van der Waals surface area contributed by atoms with Gasteiger partial charge >= 0.3 is 0 Å². The van der Waals surface area contributed by atoms with Gasteiger partial charge in [-0.1, -0.05) is 22.6 Å². The van der Waals surface area contributed by atoms with Crippen LogP contribution in [0.2, 0.25) is 6.32 Å². The molecule has 0 aromatic carbocycles. The van der Waals surface area contributed by atoms with Crippen molar-refractivity contribution in [3.8, 4) is 0 Å². The Hall–Kier alpha value is 0.455. The average molecular weight is 103 g/mol. The molecule has 0 spiro atoms. The molecule has 0 aromatic rings. The molecule has 0 aliphatic heterocycles. The first-order valence-electron chi connectivity index (χ1n) is 2.27. The topological polar surface area (TPSA) is 12.0 Å². The minimum Gasteiger partial charge on any atom is -0.299 e. The second-order valence-electron chi connectivity index (χ2n) is 1.48. The van der Waals surface area contributed by atoms with Crippen molar-refractivity contribution in [1.29, 1.82) is 0 Å². The van der Waals surface area contributed by atoms with Gasteiger partial charge in [0.1, 0.15) is 7.85 Å². The summed E-state index contributed by atoms with van der Waals surface area (Å²) in [5.41, 5.74) is 0. The van der Waals surface area contributed by atoms with Crippen molar-refractivity contribution in [3.63, 3.8) is 0 Å². The highest BCUT2D eigenvalue weighted by Crippen LogP contribution is 1.86. The Morgan fingerprint density at radius 1 is 2.00 bits per heavy atom. The molecule has 0 amide bonds. The van der Waals surface area contributed by atoms with Crippen LogP contribution in [0.4, 0.5) is 0 Å². The Bertz CT molecular complexity index is 30.0. The van der Waals surface area contributed by atoms with Crippen LogP contribution in [0.5, 0.6) is 0 Å². The van der Waals surface area contributed by atoms with Gasteiger partial charge in [0, 0.05) is 6.04 Å². The number of rotatable bonds is 2. The lowest BCUT2D eigenvalue weighted by molar-refractivity contribution is 0.770. The Balaban J connectivity index is 2.75. The van der Waals surface area contributed by atoms with Gasteiger partial charge in [0.05, 0.1) is 0 Å². The van der Waals surface area contributed by atoms with Crippen molar-refractivity contribution in [3.05, 3.63) is 0 Å². The largest absolute Gasteiger partial charge is 0.299 e. The molecule has 0 aliphatic carbocycles. The highest BCUT2D eigenvalue weighted by molar-refractivity contribution is 7.13. The van der Waals surface area contributed by atoms with Crippen molar-refractivity contribution in [2.24, 2.45) is 0 Å². The Morgan fingerprint density at radius 2 is 2.50 bits per heavy atom. The Morgan fingerprint density at radius 3 is 2.50 bits per heavy atom. The first kappa shape index (κ1) is 6.45. The van der Waals surface area contributed by atoms with Crippen LogP contribution in [0.25, 0.3) is 0 Å². The van der Waals surface area contributed by atoms with E-state index >= 15 is 0 Å². The summed E-state index contributed by atoms with van der Waals surface area (Å²) >= 11 is 0. The molecular weight excluding hydrogens is 91.8 g/mol.